The number of rotatable bonds is 2. The van der Waals surface area contributed by atoms with Crippen molar-refractivity contribution in [3.05, 3.63) is 36.0 Å². The van der Waals surface area contributed by atoms with Gasteiger partial charge >= 0.3 is 5.97 Å². The summed E-state index contributed by atoms with van der Waals surface area (Å²) in [6.07, 6.45) is 0. The van der Waals surface area contributed by atoms with Gasteiger partial charge in [-0.2, -0.15) is 5.06 Å². The SMILES string of the molecule is O=C(O)c1nc2ccccc2cc1N1CCN(O)CC1. The van der Waals surface area contributed by atoms with E-state index < -0.39 is 5.97 Å². The van der Waals surface area contributed by atoms with Crippen LogP contribution in [0, 0.1) is 0 Å². The van der Waals surface area contributed by atoms with E-state index in [0.717, 1.165) is 5.39 Å². The molecular weight excluding hydrogens is 258 g/mol. The number of benzene rings is 1. The zero-order chi connectivity index (χ0) is 14.1. The van der Waals surface area contributed by atoms with Gasteiger partial charge in [0.15, 0.2) is 5.69 Å². The van der Waals surface area contributed by atoms with Crippen LogP contribution >= 0.6 is 0 Å². The van der Waals surface area contributed by atoms with Gasteiger partial charge in [-0.05, 0) is 12.1 Å². The molecule has 2 aromatic rings. The molecule has 3 rings (SSSR count). The number of hydroxylamine groups is 2. The quantitative estimate of drug-likeness (QED) is 0.862. The van der Waals surface area contributed by atoms with Gasteiger partial charge in [-0.25, -0.2) is 9.78 Å². The fourth-order valence-corrected chi connectivity index (χ4v) is 2.44. The highest BCUT2D eigenvalue weighted by molar-refractivity contribution is 5.97. The van der Waals surface area contributed by atoms with Crippen molar-refractivity contribution in [3.8, 4) is 0 Å². The minimum atomic E-state index is -1.03. The molecule has 1 aliphatic rings. The Balaban J connectivity index is 2.07. The fraction of sp³-hybridized carbons (Fsp3) is 0.286. The minimum absolute atomic E-state index is 0.0649. The number of hydrogen-bond acceptors (Lipinski definition) is 5. The highest BCUT2D eigenvalue weighted by Crippen LogP contribution is 2.25. The summed E-state index contributed by atoms with van der Waals surface area (Å²) in [5.41, 5.74) is 1.36. The molecule has 6 heteroatoms. The van der Waals surface area contributed by atoms with Gasteiger partial charge in [0.25, 0.3) is 0 Å². The molecule has 0 radical (unpaired) electrons. The zero-order valence-electron chi connectivity index (χ0n) is 10.9. The van der Waals surface area contributed by atoms with Gasteiger partial charge < -0.3 is 15.2 Å². The van der Waals surface area contributed by atoms with Crippen LogP contribution in [-0.4, -0.2) is 52.5 Å². The van der Waals surface area contributed by atoms with Crippen molar-refractivity contribution >= 4 is 22.6 Å². The number of carboxylic acids is 1. The lowest BCUT2D eigenvalue weighted by atomic mass is 10.1. The second-order valence-corrected chi connectivity index (χ2v) is 4.79. The van der Waals surface area contributed by atoms with Crippen LogP contribution in [0.25, 0.3) is 10.9 Å². The van der Waals surface area contributed by atoms with E-state index in [-0.39, 0.29) is 5.69 Å². The molecule has 104 valence electrons. The van der Waals surface area contributed by atoms with Crippen molar-refractivity contribution < 1.29 is 15.1 Å². The molecule has 0 unspecified atom stereocenters. The van der Waals surface area contributed by atoms with Crippen LogP contribution in [0.1, 0.15) is 10.5 Å². The first-order chi connectivity index (χ1) is 9.65. The van der Waals surface area contributed by atoms with Crippen molar-refractivity contribution in [2.75, 3.05) is 31.1 Å². The Kier molecular flexibility index (Phi) is 3.25. The second kappa shape index (κ2) is 5.07. The van der Waals surface area contributed by atoms with Crippen LogP contribution in [0.2, 0.25) is 0 Å². The molecule has 0 saturated carbocycles. The van der Waals surface area contributed by atoms with E-state index in [1.165, 1.54) is 5.06 Å². The number of fused-ring (bicyclic) bond motifs is 1. The molecule has 1 fully saturated rings. The number of para-hydroxylation sites is 1. The molecule has 6 nitrogen and oxygen atoms in total. The number of aromatic nitrogens is 1. The summed E-state index contributed by atoms with van der Waals surface area (Å²) in [6, 6.07) is 9.32. The molecule has 1 saturated heterocycles. The minimum Gasteiger partial charge on any atom is -0.476 e. The maximum atomic E-state index is 11.4. The predicted octanol–water partition coefficient (Wildman–Crippen LogP) is 1.44. The third-order valence-corrected chi connectivity index (χ3v) is 3.50. The second-order valence-electron chi connectivity index (χ2n) is 4.79. The summed E-state index contributed by atoms with van der Waals surface area (Å²) in [7, 11) is 0. The van der Waals surface area contributed by atoms with Gasteiger partial charge in [-0.15, -0.1) is 0 Å². The first kappa shape index (κ1) is 12.8. The standard InChI is InChI=1S/C14H15N3O3/c18-14(19)13-12(16-5-7-17(20)8-6-16)9-10-3-1-2-4-11(10)15-13/h1-4,9,20H,5-8H2,(H,18,19). The first-order valence-electron chi connectivity index (χ1n) is 6.47. The number of hydrogen-bond donors (Lipinski definition) is 2. The van der Waals surface area contributed by atoms with E-state index in [4.69, 9.17) is 0 Å². The number of anilines is 1. The molecule has 1 aromatic heterocycles. The van der Waals surface area contributed by atoms with Crippen LogP contribution in [0.15, 0.2) is 30.3 Å². The lowest BCUT2D eigenvalue weighted by molar-refractivity contribution is -0.0935. The van der Waals surface area contributed by atoms with Gasteiger partial charge in [0.2, 0.25) is 0 Å². The summed E-state index contributed by atoms with van der Waals surface area (Å²) < 4.78 is 0. The largest absolute Gasteiger partial charge is 0.476 e. The molecule has 20 heavy (non-hydrogen) atoms. The van der Waals surface area contributed by atoms with E-state index >= 15 is 0 Å². The third-order valence-electron chi connectivity index (χ3n) is 3.50. The van der Waals surface area contributed by atoms with Crippen molar-refractivity contribution in [3.63, 3.8) is 0 Å². The molecule has 1 aliphatic heterocycles. The number of nitrogens with zero attached hydrogens (tertiary/aromatic N) is 3. The number of piperazine rings is 1. The smallest absolute Gasteiger partial charge is 0.356 e. The van der Waals surface area contributed by atoms with Crippen molar-refractivity contribution in [1.29, 1.82) is 0 Å². The number of carboxylic acid groups (broad SMARTS) is 1. The third kappa shape index (κ3) is 2.31. The predicted molar refractivity (Wildman–Crippen MR) is 74.3 cm³/mol. The summed E-state index contributed by atoms with van der Waals surface area (Å²) in [4.78, 5) is 17.6. The maximum Gasteiger partial charge on any atom is 0.356 e. The summed E-state index contributed by atoms with van der Waals surface area (Å²) in [5.74, 6) is -1.03. The molecule has 0 atom stereocenters. The average molecular weight is 273 g/mol. The Hall–Kier alpha value is -2.18. The van der Waals surface area contributed by atoms with Crippen LogP contribution in [0.4, 0.5) is 5.69 Å². The summed E-state index contributed by atoms with van der Waals surface area (Å²) >= 11 is 0. The average Bonchev–Trinajstić information content (AvgIpc) is 2.46. The molecule has 2 N–H and O–H groups in total. The van der Waals surface area contributed by atoms with Crippen LogP contribution in [-0.2, 0) is 0 Å². The molecule has 1 aromatic carbocycles. The van der Waals surface area contributed by atoms with Gasteiger partial charge in [-0.3, -0.25) is 0 Å². The number of pyridine rings is 1. The lowest BCUT2D eigenvalue weighted by Gasteiger charge is -2.33. The maximum absolute atomic E-state index is 11.4. The Morgan fingerprint density at radius 3 is 2.55 bits per heavy atom. The summed E-state index contributed by atoms with van der Waals surface area (Å²) in [5, 5.41) is 20.9. The number of carbonyl (C=O) groups is 1. The van der Waals surface area contributed by atoms with E-state index in [1.54, 1.807) is 6.07 Å². The topological polar surface area (TPSA) is 76.9 Å². The Morgan fingerprint density at radius 2 is 1.85 bits per heavy atom. The van der Waals surface area contributed by atoms with E-state index in [0.29, 0.717) is 37.4 Å². The van der Waals surface area contributed by atoms with Crippen LogP contribution < -0.4 is 4.90 Å². The highest BCUT2D eigenvalue weighted by atomic mass is 16.5. The van der Waals surface area contributed by atoms with E-state index in [2.05, 4.69) is 4.98 Å². The molecule has 0 aliphatic carbocycles. The highest BCUT2D eigenvalue weighted by Gasteiger charge is 2.22. The van der Waals surface area contributed by atoms with Gasteiger partial charge in [-0.1, -0.05) is 18.2 Å². The van der Waals surface area contributed by atoms with Gasteiger partial charge in [0.1, 0.15) is 0 Å². The van der Waals surface area contributed by atoms with E-state index in [9.17, 15) is 15.1 Å². The lowest BCUT2D eigenvalue weighted by Crippen LogP contribution is -2.45. The van der Waals surface area contributed by atoms with Crippen LogP contribution in [0.3, 0.4) is 0 Å². The fourth-order valence-electron chi connectivity index (χ4n) is 2.44. The number of aromatic carboxylic acids is 1. The van der Waals surface area contributed by atoms with Crippen molar-refractivity contribution in [2.24, 2.45) is 0 Å². The molecule has 2 heterocycles. The van der Waals surface area contributed by atoms with Crippen LogP contribution in [0.5, 0.6) is 0 Å². The van der Waals surface area contributed by atoms with Gasteiger partial charge in [0.05, 0.1) is 11.2 Å². The monoisotopic (exact) mass is 273 g/mol. The molecule has 0 spiro atoms. The molecular formula is C14H15N3O3. The Labute approximate surface area is 115 Å². The van der Waals surface area contributed by atoms with E-state index in [1.807, 2.05) is 29.2 Å². The molecule has 0 amide bonds. The summed E-state index contributed by atoms with van der Waals surface area (Å²) in [6.45, 7) is 2.14. The molecule has 0 bridgehead atoms. The van der Waals surface area contributed by atoms with Crippen molar-refractivity contribution in [2.45, 2.75) is 0 Å². The normalized spacial score (nSPS) is 16.6. The zero-order valence-corrected chi connectivity index (χ0v) is 10.9. The first-order valence-corrected chi connectivity index (χ1v) is 6.47. The Morgan fingerprint density at radius 1 is 1.15 bits per heavy atom. The van der Waals surface area contributed by atoms with Crippen molar-refractivity contribution in [1.82, 2.24) is 10.0 Å². The Bertz CT molecular complexity index is 651. The van der Waals surface area contributed by atoms with Gasteiger partial charge in [0, 0.05) is 31.6 Å².